The lowest BCUT2D eigenvalue weighted by atomic mass is 10.0. The van der Waals surface area contributed by atoms with Gasteiger partial charge in [0.15, 0.2) is 6.10 Å². The number of hydrogen-bond donors (Lipinski definition) is 0. The Morgan fingerprint density at radius 2 is 0.623 bits per heavy atom. The quantitative estimate of drug-likeness (QED) is 0.0351. The van der Waals surface area contributed by atoms with Gasteiger partial charge in [0, 0.05) is 19.3 Å². The molecule has 314 valence electrons. The standard InChI is InChI=1S/C47H90O6/c1-5-7-9-11-13-15-23-27-31-35-39-46(49)52-42-44(41-51-45(48)38-34-30-26-21-14-12-10-8-6-2)53-47(50)40-36-32-28-24-20-18-16-17-19-22-25-29-33-37-43(3)4/h43-44H,5-42H2,1-4H3/t44-/m1/s1. The number of carbonyl (C=O) groups is 3. The monoisotopic (exact) mass is 751 g/mol. The molecule has 0 rings (SSSR count). The summed E-state index contributed by atoms with van der Waals surface area (Å²) < 4.78 is 16.7. The highest BCUT2D eigenvalue weighted by Crippen LogP contribution is 2.16. The van der Waals surface area contributed by atoms with Crippen molar-refractivity contribution in [2.45, 2.75) is 265 Å². The smallest absolute Gasteiger partial charge is 0.306 e. The van der Waals surface area contributed by atoms with Crippen molar-refractivity contribution < 1.29 is 28.6 Å². The molecule has 0 radical (unpaired) electrons. The SMILES string of the molecule is CCCCCCCCCCCCC(=O)OC[C@@H](COC(=O)CCCCCCCCCCC)OC(=O)CCCCCCCCCCCCCCCC(C)C. The maximum Gasteiger partial charge on any atom is 0.306 e. The lowest BCUT2D eigenvalue weighted by Crippen LogP contribution is -2.30. The van der Waals surface area contributed by atoms with E-state index in [4.69, 9.17) is 14.2 Å². The van der Waals surface area contributed by atoms with Crippen LogP contribution in [0.3, 0.4) is 0 Å². The van der Waals surface area contributed by atoms with Crippen molar-refractivity contribution in [1.29, 1.82) is 0 Å². The largest absolute Gasteiger partial charge is 0.462 e. The molecule has 0 aromatic heterocycles. The Morgan fingerprint density at radius 1 is 0.358 bits per heavy atom. The Bertz CT molecular complexity index is 796. The van der Waals surface area contributed by atoms with E-state index in [2.05, 4.69) is 27.7 Å². The van der Waals surface area contributed by atoms with E-state index >= 15 is 0 Å². The molecule has 53 heavy (non-hydrogen) atoms. The fraction of sp³-hybridized carbons (Fsp3) is 0.936. The minimum Gasteiger partial charge on any atom is -0.462 e. The van der Waals surface area contributed by atoms with E-state index in [1.807, 2.05) is 0 Å². The number of carbonyl (C=O) groups excluding carboxylic acids is 3. The predicted octanol–water partition coefficient (Wildman–Crippen LogP) is 14.7. The lowest BCUT2D eigenvalue weighted by molar-refractivity contribution is -0.167. The van der Waals surface area contributed by atoms with Crippen molar-refractivity contribution in [1.82, 2.24) is 0 Å². The van der Waals surface area contributed by atoms with Gasteiger partial charge in [0.25, 0.3) is 0 Å². The average molecular weight is 751 g/mol. The average Bonchev–Trinajstić information content (AvgIpc) is 3.14. The van der Waals surface area contributed by atoms with E-state index in [9.17, 15) is 14.4 Å². The zero-order valence-corrected chi connectivity index (χ0v) is 36.0. The summed E-state index contributed by atoms with van der Waals surface area (Å²) in [6.07, 6.45) is 40.9. The van der Waals surface area contributed by atoms with E-state index < -0.39 is 6.10 Å². The zero-order valence-electron chi connectivity index (χ0n) is 36.0. The van der Waals surface area contributed by atoms with Crippen LogP contribution in [0, 0.1) is 5.92 Å². The van der Waals surface area contributed by atoms with Crippen molar-refractivity contribution in [3.63, 3.8) is 0 Å². The van der Waals surface area contributed by atoms with E-state index in [0.717, 1.165) is 63.7 Å². The highest BCUT2D eigenvalue weighted by molar-refractivity contribution is 5.71. The van der Waals surface area contributed by atoms with Crippen LogP contribution in [0.25, 0.3) is 0 Å². The molecule has 0 saturated carbocycles. The van der Waals surface area contributed by atoms with Crippen molar-refractivity contribution in [2.24, 2.45) is 5.92 Å². The Morgan fingerprint density at radius 3 is 0.925 bits per heavy atom. The number of hydrogen-bond acceptors (Lipinski definition) is 6. The topological polar surface area (TPSA) is 78.9 Å². The van der Waals surface area contributed by atoms with Crippen molar-refractivity contribution >= 4 is 17.9 Å². The summed E-state index contributed by atoms with van der Waals surface area (Å²) in [5.41, 5.74) is 0. The van der Waals surface area contributed by atoms with Crippen LogP contribution in [0.2, 0.25) is 0 Å². The molecular formula is C47H90O6. The van der Waals surface area contributed by atoms with Crippen molar-refractivity contribution in [2.75, 3.05) is 13.2 Å². The maximum absolute atomic E-state index is 12.7. The van der Waals surface area contributed by atoms with Gasteiger partial charge >= 0.3 is 17.9 Å². The van der Waals surface area contributed by atoms with Crippen molar-refractivity contribution in [3.8, 4) is 0 Å². The minimum atomic E-state index is -0.758. The maximum atomic E-state index is 12.7. The molecule has 0 fully saturated rings. The van der Waals surface area contributed by atoms with Gasteiger partial charge < -0.3 is 14.2 Å². The second kappa shape index (κ2) is 41.6. The zero-order chi connectivity index (χ0) is 38.9. The fourth-order valence-electron chi connectivity index (χ4n) is 6.98. The molecule has 6 heteroatoms. The normalized spacial score (nSPS) is 11.9. The van der Waals surface area contributed by atoms with Gasteiger partial charge in [0.2, 0.25) is 0 Å². The van der Waals surface area contributed by atoms with Crippen LogP contribution in [-0.2, 0) is 28.6 Å². The fourth-order valence-corrected chi connectivity index (χ4v) is 6.98. The lowest BCUT2D eigenvalue weighted by Gasteiger charge is -2.18. The second-order valence-corrected chi connectivity index (χ2v) is 16.5. The first-order valence-electron chi connectivity index (χ1n) is 23.4. The molecule has 0 heterocycles. The summed E-state index contributed by atoms with van der Waals surface area (Å²) in [4.78, 5) is 37.7. The Labute approximate surface area is 329 Å². The highest BCUT2D eigenvalue weighted by atomic mass is 16.6. The molecule has 0 saturated heterocycles. The van der Waals surface area contributed by atoms with Gasteiger partial charge in [-0.1, -0.05) is 220 Å². The second-order valence-electron chi connectivity index (χ2n) is 16.5. The van der Waals surface area contributed by atoms with Crippen LogP contribution in [0.4, 0.5) is 0 Å². The molecule has 0 aromatic rings. The van der Waals surface area contributed by atoms with E-state index in [0.29, 0.717) is 19.3 Å². The first-order chi connectivity index (χ1) is 25.9. The molecule has 0 aliphatic carbocycles. The van der Waals surface area contributed by atoms with Crippen LogP contribution in [0.1, 0.15) is 259 Å². The van der Waals surface area contributed by atoms with Gasteiger partial charge in [0.1, 0.15) is 13.2 Å². The van der Waals surface area contributed by atoms with E-state index in [1.54, 1.807) is 0 Å². The van der Waals surface area contributed by atoms with Gasteiger partial charge in [0.05, 0.1) is 0 Å². The Kier molecular flexibility index (Phi) is 40.3. The first kappa shape index (κ1) is 51.4. The minimum absolute atomic E-state index is 0.0637. The molecule has 0 amide bonds. The summed E-state index contributed by atoms with van der Waals surface area (Å²) in [6, 6.07) is 0. The van der Waals surface area contributed by atoms with Crippen LogP contribution in [0.15, 0.2) is 0 Å². The van der Waals surface area contributed by atoms with Gasteiger partial charge in [-0.05, 0) is 25.2 Å². The van der Waals surface area contributed by atoms with Crippen LogP contribution in [0.5, 0.6) is 0 Å². The molecule has 1 atom stereocenters. The molecule has 0 spiro atoms. The molecule has 0 aliphatic heterocycles. The predicted molar refractivity (Wildman–Crippen MR) is 224 cm³/mol. The molecule has 0 N–H and O–H groups in total. The number of unbranched alkanes of at least 4 members (excludes halogenated alkanes) is 29. The third-order valence-electron chi connectivity index (χ3n) is 10.5. The Balaban J connectivity index is 4.28. The van der Waals surface area contributed by atoms with Gasteiger partial charge in [-0.3, -0.25) is 14.4 Å². The highest BCUT2D eigenvalue weighted by Gasteiger charge is 2.19. The third kappa shape index (κ3) is 41.4. The molecule has 0 aliphatic rings. The Hall–Kier alpha value is -1.59. The summed E-state index contributed by atoms with van der Waals surface area (Å²) in [5, 5.41) is 0. The first-order valence-corrected chi connectivity index (χ1v) is 23.4. The summed E-state index contributed by atoms with van der Waals surface area (Å²) in [6.45, 7) is 8.98. The van der Waals surface area contributed by atoms with E-state index in [-0.39, 0.29) is 31.1 Å². The summed E-state index contributed by atoms with van der Waals surface area (Å²) >= 11 is 0. The van der Waals surface area contributed by atoms with E-state index in [1.165, 1.54) is 154 Å². The molecule has 6 nitrogen and oxygen atoms in total. The van der Waals surface area contributed by atoms with Crippen LogP contribution in [-0.4, -0.2) is 37.2 Å². The van der Waals surface area contributed by atoms with Gasteiger partial charge in [-0.2, -0.15) is 0 Å². The van der Waals surface area contributed by atoms with Gasteiger partial charge in [-0.15, -0.1) is 0 Å². The van der Waals surface area contributed by atoms with Crippen molar-refractivity contribution in [3.05, 3.63) is 0 Å². The number of ether oxygens (including phenoxy) is 3. The molecule has 0 aromatic carbocycles. The summed E-state index contributed by atoms with van der Waals surface area (Å²) in [5.74, 6) is -0.0172. The molecule has 0 unspecified atom stereocenters. The number of esters is 3. The van der Waals surface area contributed by atoms with Crippen LogP contribution < -0.4 is 0 Å². The molecule has 0 bridgehead atoms. The summed E-state index contributed by atoms with van der Waals surface area (Å²) in [7, 11) is 0. The van der Waals surface area contributed by atoms with Gasteiger partial charge in [-0.25, -0.2) is 0 Å². The third-order valence-corrected chi connectivity index (χ3v) is 10.5. The van der Waals surface area contributed by atoms with Crippen LogP contribution >= 0.6 is 0 Å². The number of rotatable bonds is 42. The molecular weight excluding hydrogens is 661 g/mol.